The van der Waals surface area contributed by atoms with E-state index in [9.17, 15) is 4.79 Å². The van der Waals surface area contributed by atoms with E-state index in [-0.39, 0.29) is 12.6 Å². The van der Waals surface area contributed by atoms with Crippen molar-refractivity contribution in [1.82, 2.24) is 4.90 Å². The van der Waals surface area contributed by atoms with Crippen LogP contribution in [0.4, 0.5) is 4.79 Å². The van der Waals surface area contributed by atoms with Gasteiger partial charge in [0.15, 0.2) is 0 Å². The van der Waals surface area contributed by atoms with Crippen LogP contribution in [-0.2, 0) is 4.74 Å². The van der Waals surface area contributed by atoms with Crippen LogP contribution in [0.5, 0.6) is 0 Å². The predicted octanol–water partition coefficient (Wildman–Crippen LogP) is -0.00160. The lowest BCUT2D eigenvalue weighted by Crippen LogP contribution is -2.44. The molecule has 0 aromatic rings. The van der Waals surface area contributed by atoms with Gasteiger partial charge in [-0.25, -0.2) is 4.79 Å². The monoisotopic (exact) mass is 155 g/mol. The highest BCUT2D eigenvalue weighted by Gasteiger charge is 2.21. The van der Waals surface area contributed by atoms with E-state index in [1.807, 2.05) is 0 Å². The molecule has 0 bridgehead atoms. The Labute approximate surface area is 64.8 Å². The van der Waals surface area contributed by atoms with E-state index in [0.29, 0.717) is 13.2 Å². The van der Waals surface area contributed by atoms with Gasteiger partial charge in [0.05, 0.1) is 13.2 Å². The maximum absolute atomic E-state index is 10.4. The van der Waals surface area contributed by atoms with Crippen LogP contribution in [0.2, 0.25) is 0 Å². The Kier molecular flexibility index (Phi) is 2.34. The number of rotatable bonds is 0. The SMILES string of the molecule is C#C[C@H]1CN(C(=O)O)CCO1. The first kappa shape index (κ1) is 7.89. The first-order valence-electron chi connectivity index (χ1n) is 3.29. The first-order valence-corrected chi connectivity index (χ1v) is 3.29. The van der Waals surface area contributed by atoms with Crippen molar-refractivity contribution >= 4 is 6.09 Å². The fraction of sp³-hybridized carbons (Fsp3) is 0.571. The molecule has 1 rings (SSSR count). The summed E-state index contributed by atoms with van der Waals surface area (Å²) in [6, 6.07) is 0. The van der Waals surface area contributed by atoms with Gasteiger partial charge in [-0.3, -0.25) is 0 Å². The van der Waals surface area contributed by atoms with Crippen molar-refractivity contribution in [2.45, 2.75) is 6.10 Å². The third-order valence-corrected chi connectivity index (χ3v) is 1.52. The molecular formula is C7H9NO3. The van der Waals surface area contributed by atoms with Crippen LogP contribution >= 0.6 is 0 Å². The van der Waals surface area contributed by atoms with Crippen molar-refractivity contribution in [2.75, 3.05) is 19.7 Å². The van der Waals surface area contributed by atoms with Gasteiger partial charge in [-0.2, -0.15) is 0 Å². The number of ether oxygens (including phenoxy) is 1. The van der Waals surface area contributed by atoms with Crippen LogP contribution in [-0.4, -0.2) is 41.9 Å². The number of carboxylic acid groups (broad SMARTS) is 1. The maximum atomic E-state index is 10.4. The molecule has 1 heterocycles. The number of hydrogen-bond donors (Lipinski definition) is 1. The predicted molar refractivity (Wildman–Crippen MR) is 38.2 cm³/mol. The highest BCUT2D eigenvalue weighted by molar-refractivity contribution is 5.65. The Bertz CT molecular complexity index is 196. The minimum atomic E-state index is -0.937. The molecule has 0 unspecified atom stereocenters. The summed E-state index contributed by atoms with van der Waals surface area (Å²) >= 11 is 0. The second-order valence-corrected chi connectivity index (χ2v) is 2.25. The molecule has 4 nitrogen and oxygen atoms in total. The van der Waals surface area contributed by atoms with Gasteiger partial charge in [0.1, 0.15) is 6.10 Å². The average Bonchev–Trinajstić information content (AvgIpc) is 2.05. The van der Waals surface area contributed by atoms with Crippen LogP contribution in [0.15, 0.2) is 0 Å². The minimum absolute atomic E-state index is 0.284. The second kappa shape index (κ2) is 3.26. The molecular weight excluding hydrogens is 146 g/mol. The van der Waals surface area contributed by atoms with Gasteiger partial charge in [0.25, 0.3) is 0 Å². The fourth-order valence-electron chi connectivity index (χ4n) is 0.924. The molecule has 0 spiro atoms. The van der Waals surface area contributed by atoms with E-state index in [1.165, 1.54) is 4.90 Å². The Morgan fingerprint density at radius 2 is 2.55 bits per heavy atom. The van der Waals surface area contributed by atoms with Crippen LogP contribution in [0.25, 0.3) is 0 Å². The van der Waals surface area contributed by atoms with Crippen molar-refractivity contribution in [3.05, 3.63) is 0 Å². The summed E-state index contributed by atoms with van der Waals surface area (Å²) in [6.07, 6.45) is 3.76. The van der Waals surface area contributed by atoms with E-state index in [2.05, 4.69) is 5.92 Å². The summed E-state index contributed by atoms with van der Waals surface area (Å²) in [7, 11) is 0. The lowest BCUT2D eigenvalue weighted by Gasteiger charge is -2.27. The summed E-state index contributed by atoms with van der Waals surface area (Å²) in [5, 5.41) is 8.55. The zero-order valence-electron chi connectivity index (χ0n) is 5.99. The molecule has 0 aromatic carbocycles. The van der Waals surface area contributed by atoms with Crippen molar-refractivity contribution in [1.29, 1.82) is 0 Å². The third-order valence-electron chi connectivity index (χ3n) is 1.52. The number of hydrogen-bond acceptors (Lipinski definition) is 2. The second-order valence-electron chi connectivity index (χ2n) is 2.25. The molecule has 0 aromatic heterocycles. The molecule has 1 amide bonds. The highest BCUT2D eigenvalue weighted by atomic mass is 16.5. The molecule has 60 valence electrons. The Morgan fingerprint density at radius 1 is 1.82 bits per heavy atom. The van der Waals surface area contributed by atoms with E-state index in [0.717, 1.165) is 0 Å². The Hall–Kier alpha value is -1.21. The van der Waals surface area contributed by atoms with Gasteiger partial charge in [0, 0.05) is 6.54 Å². The molecule has 1 aliphatic heterocycles. The Balaban J connectivity index is 2.47. The van der Waals surface area contributed by atoms with E-state index < -0.39 is 6.09 Å². The summed E-state index contributed by atoms with van der Waals surface area (Å²) in [5.74, 6) is 2.36. The van der Waals surface area contributed by atoms with E-state index in [4.69, 9.17) is 16.3 Å². The molecule has 1 atom stereocenters. The van der Waals surface area contributed by atoms with E-state index >= 15 is 0 Å². The number of amides is 1. The van der Waals surface area contributed by atoms with Crippen LogP contribution < -0.4 is 0 Å². The number of carbonyl (C=O) groups is 1. The molecule has 1 N–H and O–H groups in total. The lowest BCUT2D eigenvalue weighted by molar-refractivity contribution is 0.00667. The number of morpholine rings is 1. The minimum Gasteiger partial charge on any atom is -0.465 e. The van der Waals surface area contributed by atoms with E-state index in [1.54, 1.807) is 0 Å². The van der Waals surface area contributed by atoms with Gasteiger partial charge in [-0.15, -0.1) is 6.42 Å². The fourth-order valence-corrected chi connectivity index (χ4v) is 0.924. The van der Waals surface area contributed by atoms with Crippen molar-refractivity contribution < 1.29 is 14.6 Å². The number of nitrogens with zero attached hydrogens (tertiary/aromatic N) is 1. The molecule has 0 saturated carbocycles. The number of terminal acetylenes is 1. The van der Waals surface area contributed by atoms with Crippen LogP contribution in [0, 0.1) is 12.3 Å². The summed E-state index contributed by atoms with van der Waals surface area (Å²) in [4.78, 5) is 11.7. The topological polar surface area (TPSA) is 49.8 Å². The normalized spacial score (nSPS) is 24.3. The third kappa shape index (κ3) is 1.85. The zero-order valence-corrected chi connectivity index (χ0v) is 5.99. The van der Waals surface area contributed by atoms with Gasteiger partial charge in [-0.05, 0) is 0 Å². The molecule has 1 aliphatic rings. The van der Waals surface area contributed by atoms with Gasteiger partial charge < -0.3 is 14.7 Å². The van der Waals surface area contributed by atoms with Gasteiger partial charge in [0.2, 0.25) is 0 Å². The van der Waals surface area contributed by atoms with Crippen molar-refractivity contribution in [2.24, 2.45) is 0 Å². The molecule has 4 heteroatoms. The van der Waals surface area contributed by atoms with Crippen molar-refractivity contribution in [3.8, 4) is 12.3 Å². The zero-order chi connectivity index (χ0) is 8.27. The molecule has 1 saturated heterocycles. The highest BCUT2D eigenvalue weighted by Crippen LogP contribution is 2.03. The van der Waals surface area contributed by atoms with Crippen LogP contribution in [0.3, 0.4) is 0 Å². The molecule has 0 radical (unpaired) electrons. The largest absolute Gasteiger partial charge is 0.465 e. The van der Waals surface area contributed by atoms with Gasteiger partial charge >= 0.3 is 6.09 Å². The summed E-state index contributed by atoms with van der Waals surface area (Å²) in [6.45, 7) is 1.08. The van der Waals surface area contributed by atoms with Crippen molar-refractivity contribution in [3.63, 3.8) is 0 Å². The Morgan fingerprint density at radius 3 is 3.09 bits per heavy atom. The smallest absolute Gasteiger partial charge is 0.407 e. The average molecular weight is 155 g/mol. The van der Waals surface area contributed by atoms with Gasteiger partial charge in [-0.1, -0.05) is 5.92 Å². The maximum Gasteiger partial charge on any atom is 0.407 e. The summed E-state index contributed by atoms with van der Waals surface area (Å²) in [5.41, 5.74) is 0. The summed E-state index contributed by atoms with van der Waals surface area (Å²) < 4.78 is 5.07. The first-order chi connectivity index (χ1) is 5.24. The van der Waals surface area contributed by atoms with Crippen LogP contribution in [0.1, 0.15) is 0 Å². The molecule has 11 heavy (non-hydrogen) atoms. The molecule has 0 aliphatic carbocycles. The quantitative estimate of drug-likeness (QED) is 0.501. The standard InChI is InChI=1S/C7H9NO3/c1-2-6-5-8(7(9)10)3-4-11-6/h1,6H,3-5H2,(H,9,10)/t6-/m0/s1. The lowest BCUT2D eigenvalue weighted by atomic mass is 10.3. The molecule has 1 fully saturated rings.